The Kier molecular flexibility index (Phi) is 12.1. The quantitative estimate of drug-likeness (QED) is 0.0880. The van der Waals surface area contributed by atoms with Crippen molar-refractivity contribution in [1.29, 1.82) is 0 Å². The summed E-state index contributed by atoms with van der Waals surface area (Å²) in [5, 5.41) is 31.6. The van der Waals surface area contributed by atoms with E-state index in [0.717, 1.165) is 29.6 Å². The SMILES string of the molecule is CCCC(SCC(NC(=O)CCC(N)C(=O)O)C(=O)NC(O)C(=O)O)C1=C2CCC(Cc3ccncc3)=CC2C(=O)O1. The number of allylic oxidation sites excluding steroid dienone is 1. The van der Waals surface area contributed by atoms with Crippen molar-refractivity contribution in [2.45, 2.75) is 75.4 Å². The van der Waals surface area contributed by atoms with Crippen LogP contribution in [0, 0.1) is 5.92 Å². The van der Waals surface area contributed by atoms with Gasteiger partial charge in [0.05, 0.1) is 5.25 Å². The Balaban J connectivity index is 1.74. The topological polar surface area (TPSA) is 218 Å². The number of nitrogens with zero attached hydrogens (tertiary/aromatic N) is 1. The number of aromatic nitrogens is 1. The number of fused-ring (bicyclic) bond motifs is 1. The van der Waals surface area contributed by atoms with Crippen LogP contribution in [-0.2, 0) is 35.1 Å². The fraction of sp³-hybridized carbons (Fsp3) is 0.500. The molecule has 228 valence electrons. The molecule has 0 fully saturated rings. The van der Waals surface area contributed by atoms with Gasteiger partial charge in [0.1, 0.15) is 23.8 Å². The van der Waals surface area contributed by atoms with Crippen molar-refractivity contribution in [3.05, 3.63) is 53.1 Å². The van der Waals surface area contributed by atoms with Gasteiger partial charge in [-0.05, 0) is 55.4 Å². The van der Waals surface area contributed by atoms with E-state index in [-0.39, 0.29) is 29.8 Å². The van der Waals surface area contributed by atoms with Gasteiger partial charge in [0, 0.05) is 24.6 Å². The first-order valence-corrected chi connectivity index (χ1v) is 14.7. The van der Waals surface area contributed by atoms with Gasteiger partial charge >= 0.3 is 17.9 Å². The number of pyridine rings is 1. The summed E-state index contributed by atoms with van der Waals surface area (Å²) in [5.41, 5.74) is 8.57. The van der Waals surface area contributed by atoms with Gasteiger partial charge in [0.2, 0.25) is 18.0 Å². The van der Waals surface area contributed by atoms with Crippen LogP contribution in [0.25, 0.3) is 0 Å². The number of hydrogen-bond donors (Lipinski definition) is 6. The van der Waals surface area contributed by atoms with Crippen molar-refractivity contribution in [3.8, 4) is 0 Å². The number of rotatable bonds is 16. The minimum Gasteiger partial charge on any atom is -0.480 e. The van der Waals surface area contributed by atoms with Crippen LogP contribution in [0.5, 0.6) is 0 Å². The van der Waals surface area contributed by atoms with Crippen LogP contribution in [0.15, 0.2) is 47.5 Å². The molecule has 14 heteroatoms. The van der Waals surface area contributed by atoms with Gasteiger partial charge in [-0.1, -0.05) is 25.0 Å². The van der Waals surface area contributed by atoms with E-state index in [1.807, 2.05) is 30.4 Å². The van der Waals surface area contributed by atoms with Crippen LogP contribution < -0.4 is 16.4 Å². The molecule has 1 aromatic heterocycles. The number of aliphatic hydroxyl groups excluding tert-OH is 1. The molecule has 0 saturated heterocycles. The number of carbonyl (C=O) groups excluding carboxylic acids is 3. The number of nitrogens with one attached hydrogen (secondary N) is 2. The molecule has 5 unspecified atom stereocenters. The predicted octanol–water partition coefficient (Wildman–Crippen LogP) is 0.869. The Morgan fingerprint density at radius 2 is 1.83 bits per heavy atom. The van der Waals surface area contributed by atoms with E-state index >= 15 is 0 Å². The maximum Gasteiger partial charge on any atom is 0.353 e. The number of aliphatic carboxylic acids is 2. The Morgan fingerprint density at radius 1 is 1.12 bits per heavy atom. The molecule has 0 bridgehead atoms. The molecule has 2 heterocycles. The summed E-state index contributed by atoms with van der Waals surface area (Å²) in [6, 6.07) is 1.32. The lowest BCUT2D eigenvalue weighted by Gasteiger charge is -2.24. The third-order valence-electron chi connectivity index (χ3n) is 6.93. The van der Waals surface area contributed by atoms with Gasteiger partial charge in [-0.3, -0.25) is 24.2 Å². The molecule has 5 atom stereocenters. The summed E-state index contributed by atoms with van der Waals surface area (Å²) >= 11 is 1.26. The Morgan fingerprint density at radius 3 is 2.48 bits per heavy atom. The molecule has 42 heavy (non-hydrogen) atoms. The van der Waals surface area contributed by atoms with E-state index < -0.39 is 48.0 Å². The molecule has 0 spiro atoms. The van der Waals surface area contributed by atoms with E-state index in [9.17, 15) is 29.1 Å². The Labute approximate surface area is 247 Å². The number of cyclic esters (lactones) is 1. The van der Waals surface area contributed by atoms with Crippen LogP contribution in [0.2, 0.25) is 0 Å². The molecular formula is C28H36N4O9S. The number of aliphatic hydroxyl groups is 1. The number of carboxylic acids is 2. The zero-order valence-electron chi connectivity index (χ0n) is 23.2. The molecule has 13 nitrogen and oxygen atoms in total. The third kappa shape index (κ3) is 9.13. The zero-order chi connectivity index (χ0) is 30.8. The molecule has 7 N–H and O–H groups in total. The van der Waals surface area contributed by atoms with Crippen molar-refractivity contribution in [2.24, 2.45) is 11.7 Å². The lowest BCUT2D eigenvalue weighted by atomic mass is 9.83. The van der Waals surface area contributed by atoms with Gasteiger partial charge in [0.25, 0.3) is 0 Å². The molecule has 1 aromatic rings. The number of hydrogen-bond acceptors (Lipinski definition) is 10. The number of carbonyl (C=O) groups is 5. The smallest absolute Gasteiger partial charge is 0.353 e. The number of carboxylic acid groups (broad SMARTS) is 2. The molecule has 0 aromatic carbocycles. The molecule has 2 amide bonds. The highest BCUT2D eigenvalue weighted by molar-refractivity contribution is 8.00. The number of ether oxygens (including phenoxy) is 1. The van der Waals surface area contributed by atoms with Crippen molar-refractivity contribution in [1.82, 2.24) is 15.6 Å². The van der Waals surface area contributed by atoms with Crippen molar-refractivity contribution in [3.63, 3.8) is 0 Å². The number of amides is 2. The second-order valence-corrected chi connectivity index (χ2v) is 11.3. The largest absolute Gasteiger partial charge is 0.480 e. The zero-order valence-corrected chi connectivity index (χ0v) is 24.0. The van der Waals surface area contributed by atoms with E-state index in [4.69, 9.17) is 20.7 Å². The summed E-state index contributed by atoms with van der Waals surface area (Å²) in [7, 11) is 0. The number of thioether (sulfide) groups is 1. The first-order valence-electron chi connectivity index (χ1n) is 13.6. The predicted molar refractivity (Wildman–Crippen MR) is 152 cm³/mol. The lowest BCUT2D eigenvalue weighted by Crippen LogP contribution is -2.53. The highest BCUT2D eigenvalue weighted by Crippen LogP contribution is 2.42. The van der Waals surface area contributed by atoms with Crippen molar-refractivity contribution >= 4 is 41.5 Å². The molecular weight excluding hydrogens is 568 g/mol. The van der Waals surface area contributed by atoms with Crippen molar-refractivity contribution < 1.29 is 44.0 Å². The van der Waals surface area contributed by atoms with Gasteiger partial charge in [-0.15, -0.1) is 11.8 Å². The normalized spacial score (nSPS) is 19.1. The van der Waals surface area contributed by atoms with E-state index in [1.54, 1.807) is 12.4 Å². The number of nitrogens with two attached hydrogens (primary N) is 1. The summed E-state index contributed by atoms with van der Waals surface area (Å²) < 4.78 is 5.77. The molecule has 1 aliphatic carbocycles. The molecule has 0 radical (unpaired) electrons. The highest BCUT2D eigenvalue weighted by atomic mass is 32.2. The molecule has 0 saturated carbocycles. The first kappa shape index (κ1) is 32.8. The monoisotopic (exact) mass is 604 g/mol. The fourth-order valence-electron chi connectivity index (χ4n) is 4.70. The second-order valence-electron chi connectivity index (χ2n) is 10.1. The summed E-state index contributed by atoms with van der Waals surface area (Å²) in [6.07, 6.45) is 6.18. The van der Waals surface area contributed by atoms with Crippen LogP contribution in [0.4, 0.5) is 0 Å². The van der Waals surface area contributed by atoms with Gasteiger partial charge in [-0.2, -0.15) is 0 Å². The fourth-order valence-corrected chi connectivity index (χ4v) is 6.11. The minimum atomic E-state index is -2.19. The average Bonchev–Trinajstić information content (AvgIpc) is 3.28. The van der Waals surface area contributed by atoms with E-state index in [2.05, 4.69) is 10.3 Å². The van der Waals surface area contributed by atoms with Crippen LogP contribution in [0.1, 0.15) is 51.0 Å². The van der Waals surface area contributed by atoms with E-state index in [0.29, 0.717) is 25.0 Å². The van der Waals surface area contributed by atoms with Crippen LogP contribution in [-0.4, -0.2) is 79.3 Å². The first-order chi connectivity index (χ1) is 20.0. The molecule has 3 rings (SSSR count). The molecule has 1 aliphatic heterocycles. The molecule has 2 aliphatic rings. The number of esters is 1. The standard InChI is InChI=1S/C28H36N4O9S/c1-2-3-21(23-17-5-4-16(13-18(17)28(40)41-23)12-15-8-10-30-11-9-15)42-14-20(24(34)32-25(35)27(38)39)31-22(33)7-6-19(29)26(36)37/h8-11,13,18-21,25,35H,2-7,12,14,29H2,1H3,(H,31,33)(H,32,34)(H,36,37)(H,38,39). The van der Waals surface area contributed by atoms with E-state index in [1.165, 1.54) is 11.8 Å². The van der Waals surface area contributed by atoms with Crippen molar-refractivity contribution in [2.75, 3.05) is 5.75 Å². The van der Waals surface area contributed by atoms with Crippen LogP contribution in [0.3, 0.4) is 0 Å². The summed E-state index contributed by atoms with van der Waals surface area (Å²) in [4.78, 5) is 64.3. The lowest BCUT2D eigenvalue weighted by molar-refractivity contribution is -0.151. The van der Waals surface area contributed by atoms with Gasteiger partial charge < -0.3 is 36.4 Å². The Hall–Kier alpha value is -3.75. The Bertz CT molecular complexity index is 1240. The van der Waals surface area contributed by atoms with Gasteiger partial charge in [-0.25, -0.2) is 4.79 Å². The third-order valence-corrected chi connectivity index (χ3v) is 8.30. The van der Waals surface area contributed by atoms with Crippen LogP contribution >= 0.6 is 11.8 Å². The second kappa shape index (κ2) is 15.5. The highest BCUT2D eigenvalue weighted by Gasteiger charge is 2.40. The summed E-state index contributed by atoms with van der Waals surface area (Å²) in [5.74, 6) is -4.92. The maximum absolute atomic E-state index is 12.9. The van der Waals surface area contributed by atoms with Gasteiger partial charge in [0.15, 0.2) is 0 Å². The maximum atomic E-state index is 12.9. The minimum absolute atomic E-state index is 0.0400. The summed E-state index contributed by atoms with van der Waals surface area (Å²) in [6.45, 7) is 1.96. The average molecular weight is 605 g/mol.